The second kappa shape index (κ2) is 6.50. The van der Waals surface area contributed by atoms with Gasteiger partial charge in [0, 0.05) is 22.6 Å². The summed E-state index contributed by atoms with van der Waals surface area (Å²) >= 11 is 0. The van der Waals surface area contributed by atoms with E-state index in [1.807, 2.05) is 30.3 Å². The van der Waals surface area contributed by atoms with Crippen molar-refractivity contribution in [3.05, 3.63) is 64.8 Å². The van der Waals surface area contributed by atoms with Crippen molar-refractivity contribution >= 4 is 20.9 Å². The number of fused-ring (bicyclic) bond motifs is 4. The van der Waals surface area contributed by atoms with Gasteiger partial charge in [-0.2, -0.15) is 0 Å². The molecule has 140 valence electrons. The van der Waals surface area contributed by atoms with Crippen LogP contribution in [0.1, 0.15) is 54.1 Å². The highest BCUT2D eigenvalue weighted by molar-refractivity contribution is 7.89. The van der Waals surface area contributed by atoms with Crippen molar-refractivity contribution < 1.29 is 8.42 Å². The molecule has 0 bridgehead atoms. The molecule has 0 aliphatic heterocycles. The zero-order chi connectivity index (χ0) is 18.4. The SMILES string of the molecule is O=S(=O)(N[C@H]1CCCc2ccccc21)c1ccc2[nH]c3c(c2c1)CCCC3. The Morgan fingerprint density at radius 1 is 0.963 bits per heavy atom. The predicted molar refractivity (Wildman–Crippen MR) is 107 cm³/mol. The van der Waals surface area contributed by atoms with Gasteiger partial charge in [0.15, 0.2) is 0 Å². The molecule has 2 N–H and O–H groups in total. The number of nitrogens with one attached hydrogen (secondary N) is 2. The van der Waals surface area contributed by atoms with E-state index in [0.29, 0.717) is 4.90 Å². The van der Waals surface area contributed by atoms with E-state index in [0.717, 1.165) is 48.6 Å². The van der Waals surface area contributed by atoms with E-state index in [-0.39, 0.29) is 6.04 Å². The van der Waals surface area contributed by atoms with Crippen LogP contribution < -0.4 is 4.72 Å². The Labute approximate surface area is 160 Å². The number of aryl methyl sites for hydroxylation is 3. The third kappa shape index (κ3) is 2.99. The monoisotopic (exact) mass is 380 g/mol. The van der Waals surface area contributed by atoms with E-state index in [1.165, 1.54) is 29.7 Å². The molecule has 2 aliphatic rings. The van der Waals surface area contributed by atoms with Gasteiger partial charge in [-0.1, -0.05) is 24.3 Å². The van der Waals surface area contributed by atoms with Crippen molar-refractivity contribution in [2.75, 3.05) is 0 Å². The lowest BCUT2D eigenvalue weighted by Gasteiger charge is -2.26. The second-order valence-electron chi connectivity index (χ2n) is 7.76. The largest absolute Gasteiger partial charge is 0.358 e. The van der Waals surface area contributed by atoms with Crippen molar-refractivity contribution in [3.63, 3.8) is 0 Å². The van der Waals surface area contributed by atoms with Gasteiger partial charge < -0.3 is 4.98 Å². The average molecular weight is 381 g/mol. The molecule has 0 saturated heterocycles. The molecule has 0 unspecified atom stereocenters. The van der Waals surface area contributed by atoms with Crippen LogP contribution >= 0.6 is 0 Å². The minimum atomic E-state index is -3.56. The minimum absolute atomic E-state index is 0.143. The summed E-state index contributed by atoms with van der Waals surface area (Å²) in [6.45, 7) is 0. The summed E-state index contributed by atoms with van der Waals surface area (Å²) in [4.78, 5) is 3.84. The fraction of sp³-hybridized carbons (Fsp3) is 0.364. The normalized spacial score (nSPS) is 19.6. The zero-order valence-corrected chi connectivity index (χ0v) is 16.1. The van der Waals surface area contributed by atoms with E-state index >= 15 is 0 Å². The molecular formula is C22H24N2O2S. The molecule has 0 fully saturated rings. The van der Waals surface area contributed by atoms with Gasteiger partial charge in [0.1, 0.15) is 0 Å². The van der Waals surface area contributed by atoms with Gasteiger partial charge in [0.05, 0.1) is 4.90 Å². The fourth-order valence-electron chi connectivity index (χ4n) is 4.68. The Hall–Kier alpha value is -2.11. The van der Waals surface area contributed by atoms with E-state index in [1.54, 1.807) is 6.07 Å². The molecule has 2 aliphatic carbocycles. The van der Waals surface area contributed by atoms with Gasteiger partial charge in [0.2, 0.25) is 10.0 Å². The number of hydrogen-bond acceptors (Lipinski definition) is 2. The standard InChI is InChI=1S/C22H24N2O2S/c25-27(26,24-22-11-5-7-15-6-1-2-8-17(15)22)16-12-13-21-19(14-16)18-9-3-4-10-20(18)23-21/h1-2,6,8,12-14,22-24H,3-5,7,9-11H2/t22-/m0/s1. The van der Waals surface area contributed by atoms with Crippen LogP contribution in [0, 0.1) is 0 Å². The maximum atomic E-state index is 13.1. The first-order chi connectivity index (χ1) is 13.1. The molecule has 4 nitrogen and oxygen atoms in total. The molecule has 2 aromatic carbocycles. The van der Waals surface area contributed by atoms with Gasteiger partial charge in [-0.15, -0.1) is 0 Å². The molecule has 0 radical (unpaired) electrons. The molecule has 0 amide bonds. The van der Waals surface area contributed by atoms with Gasteiger partial charge >= 0.3 is 0 Å². The Morgan fingerprint density at radius 3 is 2.74 bits per heavy atom. The maximum absolute atomic E-state index is 13.1. The maximum Gasteiger partial charge on any atom is 0.241 e. The van der Waals surface area contributed by atoms with Crippen molar-refractivity contribution in [2.24, 2.45) is 0 Å². The van der Waals surface area contributed by atoms with Crippen LogP contribution in [0.2, 0.25) is 0 Å². The lowest BCUT2D eigenvalue weighted by Crippen LogP contribution is -2.31. The molecule has 0 saturated carbocycles. The van der Waals surface area contributed by atoms with Crippen LogP contribution in [0.3, 0.4) is 0 Å². The summed E-state index contributed by atoms with van der Waals surface area (Å²) in [5, 5.41) is 1.07. The third-order valence-electron chi connectivity index (χ3n) is 6.05. The molecule has 27 heavy (non-hydrogen) atoms. The van der Waals surface area contributed by atoms with Gasteiger partial charge in [-0.05, 0) is 79.8 Å². The first-order valence-corrected chi connectivity index (χ1v) is 11.3. The minimum Gasteiger partial charge on any atom is -0.358 e. The number of benzene rings is 2. The van der Waals surface area contributed by atoms with Crippen molar-refractivity contribution in [2.45, 2.75) is 55.9 Å². The summed E-state index contributed by atoms with van der Waals surface area (Å²) < 4.78 is 29.2. The summed E-state index contributed by atoms with van der Waals surface area (Å²) in [7, 11) is -3.56. The molecule has 5 heteroatoms. The summed E-state index contributed by atoms with van der Waals surface area (Å²) in [5.41, 5.74) is 6.00. The predicted octanol–water partition coefficient (Wildman–Crippen LogP) is 4.40. The van der Waals surface area contributed by atoms with Gasteiger partial charge in [-0.3, -0.25) is 0 Å². The van der Waals surface area contributed by atoms with Crippen molar-refractivity contribution in [1.82, 2.24) is 9.71 Å². The first kappa shape index (κ1) is 17.0. The molecule has 1 aromatic heterocycles. The number of sulfonamides is 1. The van der Waals surface area contributed by atoms with Crippen LogP contribution in [-0.2, 0) is 29.3 Å². The highest BCUT2D eigenvalue weighted by atomic mass is 32.2. The Balaban J connectivity index is 1.50. The van der Waals surface area contributed by atoms with Crippen LogP contribution in [-0.4, -0.2) is 13.4 Å². The van der Waals surface area contributed by atoms with Crippen LogP contribution in [0.15, 0.2) is 47.4 Å². The Kier molecular flexibility index (Phi) is 4.10. The highest BCUT2D eigenvalue weighted by Crippen LogP contribution is 2.33. The van der Waals surface area contributed by atoms with Crippen LogP contribution in [0.25, 0.3) is 10.9 Å². The van der Waals surface area contributed by atoms with E-state index < -0.39 is 10.0 Å². The molecule has 5 rings (SSSR count). The summed E-state index contributed by atoms with van der Waals surface area (Å²) in [5.74, 6) is 0. The number of H-pyrrole nitrogens is 1. The number of aromatic nitrogens is 1. The van der Waals surface area contributed by atoms with E-state index in [9.17, 15) is 8.42 Å². The van der Waals surface area contributed by atoms with Gasteiger partial charge in [-0.25, -0.2) is 13.1 Å². The van der Waals surface area contributed by atoms with E-state index in [2.05, 4.69) is 15.8 Å². The molecule has 0 spiro atoms. The van der Waals surface area contributed by atoms with Crippen molar-refractivity contribution in [1.29, 1.82) is 0 Å². The van der Waals surface area contributed by atoms with Crippen LogP contribution in [0.4, 0.5) is 0 Å². The Morgan fingerprint density at radius 2 is 1.81 bits per heavy atom. The third-order valence-corrected chi connectivity index (χ3v) is 7.52. The lowest BCUT2D eigenvalue weighted by atomic mass is 9.88. The average Bonchev–Trinajstić information content (AvgIpc) is 3.06. The smallest absolute Gasteiger partial charge is 0.241 e. The zero-order valence-electron chi connectivity index (χ0n) is 15.3. The number of rotatable bonds is 3. The molecule has 1 heterocycles. The van der Waals surface area contributed by atoms with Crippen molar-refractivity contribution in [3.8, 4) is 0 Å². The summed E-state index contributed by atoms with van der Waals surface area (Å²) in [6.07, 6.45) is 7.34. The Bertz CT molecular complexity index is 1110. The molecular weight excluding hydrogens is 356 g/mol. The summed E-state index contributed by atoms with van der Waals surface area (Å²) in [6, 6.07) is 13.5. The number of hydrogen-bond donors (Lipinski definition) is 2. The quantitative estimate of drug-likeness (QED) is 0.707. The second-order valence-corrected chi connectivity index (χ2v) is 9.48. The molecule has 3 aromatic rings. The first-order valence-electron chi connectivity index (χ1n) is 9.85. The lowest BCUT2D eigenvalue weighted by molar-refractivity contribution is 0.507. The number of aromatic amines is 1. The topological polar surface area (TPSA) is 62.0 Å². The van der Waals surface area contributed by atoms with Crippen LogP contribution in [0.5, 0.6) is 0 Å². The van der Waals surface area contributed by atoms with E-state index in [4.69, 9.17) is 0 Å². The van der Waals surface area contributed by atoms with Gasteiger partial charge in [0.25, 0.3) is 0 Å². The molecule has 1 atom stereocenters. The highest BCUT2D eigenvalue weighted by Gasteiger charge is 2.26. The fourth-order valence-corrected chi connectivity index (χ4v) is 5.96.